The standard InChI is InChI=1S/C12H18N2/c1-12(2)7-6-9-4-5-10(13)8-11(9)14(12)3/h4-5,8H,6-7,13H2,1-3H3. The number of nitrogens with zero attached hydrogens (tertiary/aromatic N) is 1. The molecule has 1 aliphatic heterocycles. The van der Waals surface area contributed by atoms with E-state index in [0.29, 0.717) is 0 Å². The van der Waals surface area contributed by atoms with Crippen molar-refractivity contribution >= 4 is 11.4 Å². The van der Waals surface area contributed by atoms with Gasteiger partial charge in [-0.25, -0.2) is 0 Å². The third-order valence-corrected chi connectivity index (χ3v) is 3.38. The zero-order valence-corrected chi connectivity index (χ0v) is 9.17. The molecule has 1 aromatic carbocycles. The van der Waals surface area contributed by atoms with Crippen LogP contribution in [0, 0.1) is 0 Å². The Morgan fingerprint density at radius 3 is 2.79 bits per heavy atom. The minimum atomic E-state index is 0.251. The summed E-state index contributed by atoms with van der Waals surface area (Å²) in [5, 5.41) is 0. The Bertz CT molecular complexity index is 355. The molecule has 2 heteroatoms. The summed E-state index contributed by atoms with van der Waals surface area (Å²) in [6.07, 6.45) is 2.37. The van der Waals surface area contributed by atoms with Crippen LogP contribution in [0.15, 0.2) is 18.2 Å². The summed E-state index contributed by atoms with van der Waals surface area (Å²) in [7, 11) is 2.15. The number of aryl methyl sites for hydroxylation is 1. The normalized spacial score (nSPS) is 19.2. The van der Waals surface area contributed by atoms with Gasteiger partial charge in [0.2, 0.25) is 0 Å². The molecule has 76 valence electrons. The molecule has 0 spiro atoms. The molecule has 2 rings (SSSR count). The Kier molecular flexibility index (Phi) is 1.95. The fourth-order valence-electron chi connectivity index (χ4n) is 2.04. The van der Waals surface area contributed by atoms with E-state index < -0.39 is 0 Å². The van der Waals surface area contributed by atoms with E-state index in [1.807, 2.05) is 6.07 Å². The highest BCUT2D eigenvalue weighted by atomic mass is 15.2. The number of benzene rings is 1. The van der Waals surface area contributed by atoms with Crippen LogP contribution in [0.5, 0.6) is 0 Å². The molecule has 0 bridgehead atoms. The van der Waals surface area contributed by atoms with Crippen molar-refractivity contribution in [2.75, 3.05) is 17.7 Å². The lowest BCUT2D eigenvalue weighted by Gasteiger charge is -2.42. The van der Waals surface area contributed by atoms with Gasteiger partial charge in [-0.05, 0) is 44.4 Å². The second-order valence-electron chi connectivity index (χ2n) is 4.76. The molecule has 0 unspecified atom stereocenters. The van der Waals surface area contributed by atoms with Gasteiger partial charge in [0, 0.05) is 24.0 Å². The van der Waals surface area contributed by atoms with Gasteiger partial charge in [0.25, 0.3) is 0 Å². The summed E-state index contributed by atoms with van der Waals surface area (Å²) in [5.74, 6) is 0. The maximum Gasteiger partial charge on any atom is 0.0421 e. The molecule has 2 N–H and O–H groups in total. The number of rotatable bonds is 0. The molecule has 1 aromatic rings. The van der Waals surface area contributed by atoms with Crippen LogP contribution < -0.4 is 10.6 Å². The molecule has 0 saturated heterocycles. The molecular formula is C12H18N2. The van der Waals surface area contributed by atoms with Gasteiger partial charge < -0.3 is 10.6 Å². The first-order valence-corrected chi connectivity index (χ1v) is 5.13. The zero-order chi connectivity index (χ0) is 10.3. The second-order valence-corrected chi connectivity index (χ2v) is 4.76. The Morgan fingerprint density at radius 2 is 2.07 bits per heavy atom. The van der Waals surface area contributed by atoms with Crippen LogP contribution in [0.2, 0.25) is 0 Å². The molecule has 0 radical (unpaired) electrons. The zero-order valence-electron chi connectivity index (χ0n) is 9.17. The second kappa shape index (κ2) is 2.91. The first-order valence-electron chi connectivity index (χ1n) is 5.13. The van der Waals surface area contributed by atoms with Crippen molar-refractivity contribution in [3.8, 4) is 0 Å². The van der Waals surface area contributed by atoms with Crippen LogP contribution in [-0.4, -0.2) is 12.6 Å². The molecule has 0 aromatic heterocycles. The summed E-state index contributed by atoms with van der Waals surface area (Å²) in [6, 6.07) is 6.22. The Labute approximate surface area is 85.7 Å². The molecule has 0 fully saturated rings. The molecule has 1 heterocycles. The first kappa shape index (κ1) is 9.38. The van der Waals surface area contributed by atoms with Gasteiger partial charge in [-0.15, -0.1) is 0 Å². The lowest BCUT2D eigenvalue weighted by Crippen LogP contribution is -2.44. The Hall–Kier alpha value is -1.18. The lowest BCUT2D eigenvalue weighted by atomic mass is 9.87. The summed E-state index contributed by atoms with van der Waals surface area (Å²) in [5.41, 5.74) is 9.62. The van der Waals surface area contributed by atoms with E-state index in [0.717, 1.165) is 12.1 Å². The first-order chi connectivity index (χ1) is 6.50. The van der Waals surface area contributed by atoms with E-state index in [1.54, 1.807) is 0 Å². The molecule has 0 saturated carbocycles. The van der Waals surface area contributed by atoms with E-state index in [2.05, 4.69) is 37.9 Å². The summed E-state index contributed by atoms with van der Waals surface area (Å²) in [6.45, 7) is 4.55. The molecule has 0 atom stereocenters. The maximum absolute atomic E-state index is 5.81. The topological polar surface area (TPSA) is 29.3 Å². The number of nitrogen functional groups attached to an aromatic ring is 1. The van der Waals surface area contributed by atoms with Gasteiger partial charge in [0.15, 0.2) is 0 Å². The highest BCUT2D eigenvalue weighted by Gasteiger charge is 2.29. The van der Waals surface area contributed by atoms with Gasteiger partial charge >= 0.3 is 0 Å². The third kappa shape index (κ3) is 1.35. The van der Waals surface area contributed by atoms with Crippen LogP contribution in [0.3, 0.4) is 0 Å². The van der Waals surface area contributed by atoms with Gasteiger partial charge in [-0.1, -0.05) is 6.07 Å². The average molecular weight is 190 g/mol. The monoisotopic (exact) mass is 190 g/mol. The minimum absolute atomic E-state index is 0.251. The maximum atomic E-state index is 5.81. The molecule has 2 nitrogen and oxygen atoms in total. The van der Waals surface area contributed by atoms with Crippen LogP contribution in [0.25, 0.3) is 0 Å². The van der Waals surface area contributed by atoms with E-state index in [9.17, 15) is 0 Å². The van der Waals surface area contributed by atoms with E-state index in [4.69, 9.17) is 5.73 Å². The van der Waals surface area contributed by atoms with Crippen molar-refractivity contribution in [2.24, 2.45) is 0 Å². The number of hydrogen-bond donors (Lipinski definition) is 1. The number of fused-ring (bicyclic) bond motifs is 1. The predicted molar refractivity (Wildman–Crippen MR) is 61.7 cm³/mol. The van der Waals surface area contributed by atoms with Gasteiger partial charge in [0.05, 0.1) is 0 Å². The van der Waals surface area contributed by atoms with Crippen LogP contribution in [0.1, 0.15) is 25.8 Å². The lowest BCUT2D eigenvalue weighted by molar-refractivity contribution is 0.432. The number of nitrogens with two attached hydrogens (primary N) is 1. The Morgan fingerprint density at radius 1 is 1.36 bits per heavy atom. The molecule has 0 aliphatic carbocycles. The smallest absolute Gasteiger partial charge is 0.0421 e. The van der Waals surface area contributed by atoms with Crippen molar-refractivity contribution < 1.29 is 0 Å². The molecular weight excluding hydrogens is 172 g/mol. The van der Waals surface area contributed by atoms with Crippen LogP contribution in [0.4, 0.5) is 11.4 Å². The SMILES string of the molecule is CN1c2cc(N)ccc2CCC1(C)C. The largest absolute Gasteiger partial charge is 0.399 e. The van der Waals surface area contributed by atoms with Crippen molar-refractivity contribution in [3.05, 3.63) is 23.8 Å². The Balaban J connectivity index is 2.48. The summed E-state index contributed by atoms with van der Waals surface area (Å²) in [4.78, 5) is 2.34. The average Bonchev–Trinajstić information content (AvgIpc) is 2.13. The van der Waals surface area contributed by atoms with Crippen molar-refractivity contribution in [1.82, 2.24) is 0 Å². The van der Waals surface area contributed by atoms with Crippen LogP contribution in [-0.2, 0) is 6.42 Å². The van der Waals surface area contributed by atoms with Gasteiger partial charge in [0.1, 0.15) is 0 Å². The van der Waals surface area contributed by atoms with E-state index in [1.165, 1.54) is 17.7 Å². The van der Waals surface area contributed by atoms with E-state index >= 15 is 0 Å². The fraction of sp³-hybridized carbons (Fsp3) is 0.500. The van der Waals surface area contributed by atoms with Crippen LogP contribution >= 0.6 is 0 Å². The highest BCUT2D eigenvalue weighted by Crippen LogP contribution is 2.36. The van der Waals surface area contributed by atoms with E-state index in [-0.39, 0.29) is 5.54 Å². The minimum Gasteiger partial charge on any atom is -0.399 e. The van der Waals surface area contributed by atoms with Crippen molar-refractivity contribution in [3.63, 3.8) is 0 Å². The predicted octanol–water partition coefficient (Wildman–Crippen LogP) is 2.43. The summed E-state index contributed by atoms with van der Waals surface area (Å²) >= 11 is 0. The molecule has 1 aliphatic rings. The number of hydrogen-bond acceptors (Lipinski definition) is 2. The number of anilines is 2. The van der Waals surface area contributed by atoms with Crippen molar-refractivity contribution in [2.45, 2.75) is 32.2 Å². The van der Waals surface area contributed by atoms with Gasteiger partial charge in [-0.2, -0.15) is 0 Å². The molecule has 0 amide bonds. The van der Waals surface area contributed by atoms with Crippen molar-refractivity contribution in [1.29, 1.82) is 0 Å². The molecule has 14 heavy (non-hydrogen) atoms. The highest BCUT2D eigenvalue weighted by molar-refractivity contribution is 5.63. The quantitative estimate of drug-likeness (QED) is 0.637. The fourth-order valence-corrected chi connectivity index (χ4v) is 2.04. The van der Waals surface area contributed by atoms with Gasteiger partial charge in [-0.3, -0.25) is 0 Å². The third-order valence-electron chi connectivity index (χ3n) is 3.38. The summed E-state index contributed by atoms with van der Waals surface area (Å²) < 4.78 is 0.